The molecule has 0 unspecified atom stereocenters. The molecular formula is C17H26FN3O3S. The monoisotopic (exact) mass is 371 g/mol. The average molecular weight is 371 g/mol. The van der Waals surface area contributed by atoms with Gasteiger partial charge in [-0.2, -0.15) is 4.31 Å². The molecule has 2 N–H and O–H groups in total. The smallest absolute Gasteiger partial charge is 0.243 e. The normalized spacial score (nSPS) is 16.2. The molecule has 0 atom stereocenters. The number of piperazine rings is 1. The molecular weight excluding hydrogens is 345 g/mol. The largest absolute Gasteiger partial charge is 0.340 e. The molecule has 1 saturated heterocycles. The zero-order chi connectivity index (χ0) is 18.3. The van der Waals surface area contributed by atoms with E-state index in [-0.39, 0.29) is 23.9 Å². The third-order valence-corrected chi connectivity index (χ3v) is 6.30. The summed E-state index contributed by atoms with van der Waals surface area (Å²) in [5.74, 6) is -0.396. The van der Waals surface area contributed by atoms with Crippen molar-refractivity contribution in [2.24, 2.45) is 5.73 Å². The Hall–Kier alpha value is -1.51. The van der Waals surface area contributed by atoms with Crippen molar-refractivity contribution in [3.05, 3.63) is 30.1 Å². The molecule has 0 aliphatic carbocycles. The molecule has 1 aliphatic heterocycles. The maximum atomic E-state index is 13.0. The molecule has 1 amide bonds. The van der Waals surface area contributed by atoms with Crippen LogP contribution in [0.5, 0.6) is 0 Å². The topological polar surface area (TPSA) is 83.7 Å². The van der Waals surface area contributed by atoms with Crippen molar-refractivity contribution in [1.29, 1.82) is 0 Å². The van der Waals surface area contributed by atoms with Gasteiger partial charge in [0.1, 0.15) is 5.82 Å². The van der Waals surface area contributed by atoms with Gasteiger partial charge in [0.05, 0.1) is 4.90 Å². The average Bonchev–Trinajstić information content (AvgIpc) is 2.62. The van der Waals surface area contributed by atoms with Gasteiger partial charge in [0.25, 0.3) is 0 Å². The van der Waals surface area contributed by atoms with Crippen LogP contribution >= 0.6 is 0 Å². The number of nitrogens with two attached hydrogens (primary N) is 1. The molecule has 8 heteroatoms. The predicted molar refractivity (Wildman–Crippen MR) is 93.9 cm³/mol. The second-order valence-corrected chi connectivity index (χ2v) is 8.13. The van der Waals surface area contributed by atoms with Crippen LogP contribution in [0.15, 0.2) is 29.2 Å². The van der Waals surface area contributed by atoms with E-state index in [0.29, 0.717) is 26.1 Å². The van der Waals surface area contributed by atoms with Gasteiger partial charge >= 0.3 is 0 Å². The highest BCUT2D eigenvalue weighted by atomic mass is 32.2. The first-order valence-electron chi connectivity index (χ1n) is 8.68. The maximum Gasteiger partial charge on any atom is 0.243 e. The highest BCUT2D eigenvalue weighted by Crippen LogP contribution is 2.18. The molecule has 1 aromatic carbocycles. The Bertz CT molecular complexity index is 656. The van der Waals surface area contributed by atoms with E-state index >= 15 is 0 Å². The van der Waals surface area contributed by atoms with Crippen molar-refractivity contribution < 1.29 is 17.6 Å². The van der Waals surface area contributed by atoms with Gasteiger partial charge in [-0.1, -0.05) is 12.8 Å². The summed E-state index contributed by atoms with van der Waals surface area (Å²) in [6.07, 6.45) is 4.34. The lowest BCUT2D eigenvalue weighted by Crippen LogP contribution is -2.50. The van der Waals surface area contributed by atoms with Crippen LogP contribution in [0.1, 0.15) is 32.1 Å². The number of unbranched alkanes of at least 4 members (excludes halogenated alkanes) is 3. The number of halogens is 1. The lowest BCUT2D eigenvalue weighted by Gasteiger charge is -2.34. The first-order chi connectivity index (χ1) is 11.9. The summed E-state index contributed by atoms with van der Waals surface area (Å²) in [6.45, 7) is 1.99. The van der Waals surface area contributed by atoms with Crippen LogP contribution in [0.2, 0.25) is 0 Å². The zero-order valence-electron chi connectivity index (χ0n) is 14.4. The fourth-order valence-electron chi connectivity index (χ4n) is 2.87. The van der Waals surface area contributed by atoms with E-state index in [1.807, 2.05) is 0 Å². The van der Waals surface area contributed by atoms with Crippen LogP contribution in [0.4, 0.5) is 4.39 Å². The Labute approximate surface area is 148 Å². The first-order valence-corrected chi connectivity index (χ1v) is 10.1. The fourth-order valence-corrected chi connectivity index (χ4v) is 4.29. The van der Waals surface area contributed by atoms with Crippen molar-refractivity contribution in [3.63, 3.8) is 0 Å². The zero-order valence-corrected chi connectivity index (χ0v) is 15.2. The highest BCUT2D eigenvalue weighted by molar-refractivity contribution is 7.89. The second kappa shape index (κ2) is 9.26. The summed E-state index contributed by atoms with van der Waals surface area (Å²) < 4.78 is 39.4. The lowest BCUT2D eigenvalue weighted by atomic mass is 10.1. The Morgan fingerprint density at radius 2 is 1.60 bits per heavy atom. The number of rotatable bonds is 8. The number of hydrogen-bond donors (Lipinski definition) is 1. The summed E-state index contributed by atoms with van der Waals surface area (Å²) in [4.78, 5) is 14.0. The van der Waals surface area contributed by atoms with Crippen LogP contribution in [0.25, 0.3) is 0 Å². The molecule has 1 aromatic rings. The van der Waals surface area contributed by atoms with Gasteiger partial charge in [-0.25, -0.2) is 12.8 Å². The van der Waals surface area contributed by atoms with Crippen molar-refractivity contribution in [3.8, 4) is 0 Å². The molecule has 1 heterocycles. The summed E-state index contributed by atoms with van der Waals surface area (Å²) in [5.41, 5.74) is 5.44. The van der Waals surface area contributed by atoms with Crippen LogP contribution < -0.4 is 5.73 Å². The molecule has 0 spiro atoms. The number of nitrogens with zero attached hydrogens (tertiary/aromatic N) is 2. The SMILES string of the molecule is NCCCCCCC(=O)N1CCN(S(=O)(=O)c2ccc(F)cc2)CC1. The van der Waals surface area contributed by atoms with Gasteiger partial charge < -0.3 is 10.6 Å². The van der Waals surface area contributed by atoms with E-state index in [9.17, 15) is 17.6 Å². The van der Waals surface area contributed by atoms with Gasteiger partial charge in [-0.05, 0) is 43.7 Å². The van der Waals surface area contributed by atoms with Gasteiger partial charge in [-0.15, -0.1) is 0 Å². The van der Waals surface area contributed by atoms with Crippen LogP contribution in [-0.2, 0) is 14.8 Å². The van der Waals surface area contributed by atoms with E-state index < -0.39 is 15.8 Å². The van der Waals surface area contributed by atoms with Crippen molar-refractivity contribution in [2.75, 3.05) is 32.7 Å². The molecule has 140 valence electrons. The third kappa shape index (κ3) is 5.49. The summed E-state index contributed by atoms with van der Waals surface area (Å²) in [6, 6.07) is 4.81. The number of carbonyl (C=O) groups is 1. The van der Waals surface area contributed by atoms with E-state index in [1.165, 1.54) is 16.4 Å². The fraction of sp³-hybridized carbons (Fsp3) is 0.588. The summed E-state index contributed by atoms with van der Waals surface area (Å²) >= 11 is 0. The maximum absolute atomic E-state index is 13.0. The summed E-state index contributed by atoms with van der Waals surface area (Å²) in [5, 5.41) is 0. The van der Waals surface area contributed by atoms with E-state index in [2.05, 4.69) is 0 Å². The molecule has 1 fully saturated rings. The quantitative estimate of drug-likeness (QED) is 0.703. The Kier molecular flexibility index (Phi) is 7.34. The standard InChI is InChI=1S/C17H26FN3O3S/c18-15-6-8-16(9-7-15)25(23,24)21-13-11-20(12-14-21)17(22)5-3-1-2-4-10-19/h6-9H,1-5,10-14,19H2. The molecule has 0 saturated carbocycles. The highest BCUT2D eigenvalue weighted by Gasteiger charge is 2.29. The van der Waals surface area contributed by atoms with Gasteiger partial charge in [0.15, 0.2) is 0 Å². The van der Waals surface area contributed by atoms with Crippen molar-refractivity contribution in [1.82, 2.24) is 9.21 Å². The van der Waals surface area contributed by atoms with E-state index in [0.717, 1.165) is 37.8 Å². The van der Waals surface area contributed by atoms with Crippen LogP contribution in [-0.4, -0.2) is 56.3 Å². The van der Waals surface area contributed by atoms with Gasteiger partial charge in [0, 0.05) is 32.6 Å². The third-order valence-electron chi connectivity index (χ3n) is 4.39. The van der Waals surface area contributed by atoms with Gasteiger partial charge in [-0.3, -0.25) is 4.79 Å². The first kappa shape index (κ1) is 19.8. The molecule has 0 radical (unpaired) electrons. The summed E-state index contributed by atoms with van der Waals surface area (Å²) in [7, 11) is -3.64. The molecule has 25 heavy (non-hydrogen) atoms. The van der Waals surface area contributed by atoms with Crippen molar-refractivity contribution >= 4 is 15.9 Å². The van der Waals surface area contributed by atoms with Crippen molar-refractivity contribution in [2.45, 2.75) is 37.0 Å². The molecule has 0 aromatic heterocycles. The molecule has 6 nitrogen and oxygen atoms in total. The van der Waals surface area contributed by atoms with E-state index in [4.69, 9.17) is 5.73 Å². The lowest BCUT2D eigenvalue weighted by molar-refractivity contribution is -0.132. The predicted octanol–water partition coefficient (Wildman–Crippen LogP) is 1.57. The minimum atomic E-state index is -3.64. The molecule has 2 rings (SSSR count). The Balaban J connectivity index is 1.82. The Morgan fingerprint density at radius 1 is 1.00 bits per heavy atom. The van der Waals surface area contributed by atoms with Crippen LogP contribution in [0.3, 0.4) is 0 Å². The minimum absolute atomic E-state index is 0.0755. The van der Waals surface area contributed by atoms with Gasteiger partial charge in [0.2, 0.25) is 15.9 Å². The van der Waals surface area contributed by atoms with Crippen LogP contribution in [0, 0.1) is 5.82 Å². The minimum Gasteiger partial charge on any atom is -0.340 e. The number of benzene rings is 1. The number of hydrogen-bond acceptors (Lipinski definition) is 4. The molecule has 0 bridgehead atoms. The number of amides is 1. The van der Waals surface area contributed by atoms with E-state index in [1.54, 1.807) is 4.90 Å². The Morgan fingerprint density at radius 3 is 2.20 bits per heavy atom. The number of carbonyl (C=O) groups excluding carboxylic acids is 1. The second-order valence-electron chi connectivity index (χ2n) is 6.19. The molecule has 1 aliphatic rings. The number of sulfonamides is 1.